The fraction of sp³-hybridized carbons (Fsp3) is 0.115. The number of Topliss-reactive ketones (excluding diaryl/α,β-unsaturated/α-hetero) is 1. The molecule has 0 saturated carbocycles. The van der Waals surface area contributed by atoms with Gasteiger partial charge in [0.2, 0.25) is 0 Å². The quantitative estimate of drug-likeness (QED) is 0.258. The molecule has 1 aliphatic rings. The summed E-state index contributed by atoms with van der Waals surface area (Å²) in [4.78, 5) is 32.6. The van der Waals surface area contributed by atoms with Crippen molar-refractivity contribution in [1.82, 2.24) is 4.98 Å². The van der Waals surface area contributed by atoms with E-state index in [1.54, 1.807) is 24.3 Å². The molecule has 0 unspecified atom stereocenters. The Morgan fingerprint density at radius 3 is 2.31 bits per heavy atom. The normalized spacial score (nSPS) is 17.9. The highest BCUT2D eigenvalue weighted by Crippen LogP contribution is 2.44. The van der Waals surface area contributed by atoms with Crippen molar-refractivity contribution >= 4 is 44.1 Å². The number of benzene rings is 3. The first kappa shape index (κ1) is 20.2. The zero-order valence-corrected chi connectivity index (χ0v) is 18.4. The van der Waals surface area contributed by atoms with E-state index in [4.69, 9.17) is 4.98 Å². The zero-order valence-electron chi connectivity index (χ0n) is 17.6. The van der Waals surface area contributed by atoms with Crippen LogP contribution in [0.5, 0.6) is 0 Å². The van der Waals surface area contributed by atoms with Gasteiger partial charge in [-0.25, -0.2) is 4.98 Å². The third-order valence-electron chi connectivity index (χ3n) is 5.63. The van der Waals surface area contributed by atoms with Crippen LogP contribution in [-0.2, 0) is 9.59 Å². The van der Waals surface area contributed by atoms with Crippen LogP contribution >= 0.6 is 11.3 Å². The molecule has 0 spiro atoms. The first-order valence-corrected chi connectivity index (χ1v) is 11.1. The van der Waals surface area contributed by atoms with Crippen LogP contribution in [0.25, 0.3) is 16.0 Å². The van der Waals surface area contributed by atoms with Gasteiger partial charge in [0.05, 0.1) is 21.8 Å². The molecule has 0 aliphatic carbocycles. The molecule has 5 nitrogen and oxygen atoms in total. The number of thiazole rings is 1. The van der Waals surface area contributed by atoms with E-state index >= 15 is 0 Å². The Bertz CT molecular complexity index is 1390. The van der Waals surface area contributed by atoms with Gasteiger partial charge in [0.1, 0.15) is 5.76 Å². The van der Waals surface area contributed by atoms with Crippen LogP contribution in [-0.4, -0.2) is 21.8 Å². The minimum atomic E-state index is -0.765. The summed E-state index contributed by atoms with van der Waals surface area (Å²) >= 11 is 1.37. The average molecular weight is 441 g/mol. The molecule has 32 heavy (non-hydrogen) atoms. The predicted molar refractivity (Wildman–Crippen MR) is 127 cm³/mol. The second-order valence-electron chi connectivity index (χ2n) is 7.87. The third-order valence-corrected chi connectivity index (χ3v) is 6.63. The lowest BCUT2D eigenvalue weighted by atomic mass is 9.95. The molecule has 1 N–H and O–H groups in total. The molecule has 0 bridgehead atoms. The number of hydrogen-bond acceptors (Lipinski definition) is 5. The lowest BCUT2D eigenvalue weighted by molar-refractivity contribution is -0.132. The van der Waals surface area contributed by atoms with E-state index in [1.165, 1.54) is 16.2 Å². The fourth-order valence-corrected chi connectivity index (χ4v) is 5.36. The van der Waals surface area contributed by atoms with Crippen LogP contribution in [0.3, 0.4) is 0 Å². The Morgan fingerprint density at radius 1 is 0.969 bits per heavy atom. The van der Waals surface area contributed by atoms with E-state index in [1.807, 2.05) is 62.4 Å². The first-order valence-electron chi connectivity index (χ1n) is 10.2. The van der Waals surface area contributed by atoms with Gasteiger partial charge in [-0.2, -0.15) is 0 Å². The van der Waals surface area contributed by atoms with E-state index in [9.17, 15) is 14.7 Å². The van der Waals surface area contributed by atoms with E-state index in [0.29, 0.717) is 10.7 Å². The Labute approximate surface area is 189 Å². The predicted octanol–water partition coefficient (Wildman–Crippen LogP) is 5.54. The number of aromatic nitrogens is 1. The average Bonchev–Trinajstić information content (AvgIpc) is 3.33. The van der Waals surface area contributed by atoms with Crippen LogP contribution < -0.4 is 4.90 Å². The molecule has 1 atom stereocenters. The molecule has 3 aromatic carbocycles. The molecular formula is C26H20N2O3S. The van der Waals surface area contributed by atoms with Crippen molar-refractivity contribution in [3.63, 3.8) is 0 Å². The molecule has 1 aliphatic heterocycles. The van der Waals surface area contributed by atoms with Gasteiger partial charge in [-0.15, -0.1) is 0 Å². The number of fused-ring (bicyclic) bond motifs is 1. The number of hydrogen-bond donors (Lipinski definition) is 1. The fourth-order valence-electron chi connectivity index (χ4n) is 4.19. The van der Waals surface area contributed by atoms with E-state index < -0.39 is 17.7 Å². The number of aliphatic hydroxyl groups excluding tert-OH is 1. The number of rotatable bonds is 3. The van der Waals surface area contributed by atoms with Gasteiger partial charge in [-0.3, -0.25) is 14.5 Å². The van der Waals surface area contributed by atoms with Gasteiger partial charge in [0, 0.05) is 5.56 Å². The van der Waals surface area contributed by atoms with Crippen LogP contribution in [0.2, 0.25) is 0 Å². The van der Waals surface area contributed by atoms with Gasteiger partial charge in [0.25, 0.3) is 5.78 Å². The highest BCUT2D eigenvalue weighted by Gasteiger charge is 2.48. The maximum atomic E-state index is 13.3. The Morgan fingerprint density at radius 2 is 1.62 bits per heavy atom. The molecule has 6 heteroatoms. The van der Waals surface area contributed by atoms with Crippen molar-refractivity contribution in [2.24, 2.45) is 0 Å². The molecule has 158 valence electrons. The van der Waals surface area contributed by atoms with Crippen LogP contribution in [0.4, 0.5) is 5.13 Å². The second-order valence-corrected chi connectivity index (χ2v) is 8.88. The SMILES string of the molecule is Cc1cc(C)c2nc(N3C(=O)C(=O)C(=C(O)c4ccccc4)[C@@H]3c3ccccc3)sc2c1. The Balaban J connectivity index is 1.74. The number of carbonyl (C=O) groups excluding carboxylic acids is 2. The summed E-state index contributed by atoms with van der Waals surface area (Å²) in [5, 5.41) is 11.5. The highest BCUT2D eigenvalue weighted by atomic mass is 32.1. The summed E-state index contributed by atoms with van der Waals surface area (Å²) in [6.07, 6.45) is 0. The summed E-state index contributed by atoms with van der Waals surface area (Å²) in [6.45, 7) is 4.00. The summed E-state index contributed by atoms with van der Waals surface area (Å²) in [6, 6.07) is 21.4. The number of nitrogens with zero attached hydrogens (tertiary/aromatic N) is 2. The molecule has 1 saturated heterocycles. The molecule has 1 fully saturated rings. The van der Waals surface area contributed by atoms with Gasteiger partial charge < -0.3 is 5.11 Å². The first-order chi connectivity index (χ1) is 15.5. The summed E-state index contributed by atoms with van der Waals surface area (Å²) in [5.74, 6) is -1.59. The van der Waals surface area contributed by atoms with Crippen LogP contribution in [0.1, 0.15) is 28.3 Å². The topological polar surface area (TPSA) is 70.5 Å². The monoisotopic (exact) mass is 440 g/mol. The van der Waals surface area contributed by atoms with E-state index in [0.717, 1.165) is 26.9 Å². The van der Waals surface area contributed by atoms with E-state index in [2.05, 4.69) is 0 Å². The largest absolute Gasteiger partial charge is 0.507 e. The molecule has 0 radical (unpaired) electrons. The number of ketones is 1. The molecule has 1 amide bonds. The minimum Gasteiger partial charge on any atom is -0.507 e. The molecule has 4 aromatic rings. The summed E-state index contributed by atoms with van der Waals surface area (Å²) in [5.41, 5.74) is 4.22. The number of anilines is 1. The van der Waals surface area contributed by atoms with Gasteiger partial charge in [-0.1, -0.05) is 78.1 Å². The third kappa shape index (κ3) is 3.20. The van der Waals surface area contributed by atoms with Gasteiger partial charge in [-0.05, 0) is 36.6 Å². The van der Waals surface area contributed by atoms with Crippen LogP contribution in [0, 0.1) is 13.8 Å². The summed E-state index contributed by atoms with van der Waals surface area (Å²) < 4.78 is 0.953. The summed E-state index contributed by atoms with van der Waals surface area (Å²) in [7, 11) is 0. The van der Waals surface area contributed by atoms with Gasteiger partial charge >= 0.3 is 5.91 Å². The molecule has 5 rings (SSSR count). The van der Waals surface area contributed by atoms with Gasteiger partial charge in [0.15, 0.2) is 5.13 Å². The Kier molecular flexibility index (Phi) is 4.87. The number of aliphatic hydroxyl groups is 1. The maximum absolute atomic E-state index is 13.3. The minimum absolute atomic E-state index is 0.0690. The van der Waals surface area contributed by atoms with Crippen molar-refractivity contribution in [3.05, 3.63) is 101 Å². The molecule has 2 heterocycles. The van der Waals surface area contributed by atoms with Crippen LogP contribution in [0.15, 0.2) is 78.4 Å². The lowest BCUT2D eigenvalue weighted by Gasteiger charge is -2.22. The second kappa shape index (κ2) is 7.73. The molecular weight excluding hydrogens is 420 g/mol. The Hall–Kier alpha value is -3.77. The standard InChI is InChI=1S/C26H20N2O3S/c1-15-13-16(2)21-19(14-15)32-26(27-21)28-22(17-9-5-3-6-10-17)20(24(30)25(28)31)23(29)18-11-7-4-8-12-18/h3-14,22,29H,1-2H3/t22-/m0/s1. The zero-order chi connectivity index (χ0) is 22.4. The van der Waals surface area contributed by atoms with Crippen molar-refractivity contribution in [1.29, 1.82) is 0 Å². The number of carbonyl (C=O) groups is 2. The smallest absolute Gasteiger partial charge is 0.301 e. The van der Waals surface area contributed by atoms with Crippen molar-refractivity contribution < 1.29 is 14.7 Å². The maximum Gasteiger partial charge on any atom is 0.301 e. The van der Waals surface area contributed by atoms with E-state index in [-0.39, 0.29) is 11.3 Å². The highest BCUT2D eigenvalue weighted by molar-refractivity contribution is 7.22. The van der Waals surface area contributed by atoms with Crippen molar-refractivity contribution in [3.8, 4) is 0 Å². The number of amides is 1. The lowest BCUT2D eigenvalue weighted by Crippen LogP contribution is -2.29. The molecule has 1 aromatic heterocycles. The van der Waals surface area contributed by atoms with Crippen molar-refractivity contribution in [2.45, 2.75) is 19.9 Å². The van der Waals surface area contributed by atoms with Crippen molar-refractivity contribution in [2.75, 3.05) is 4.90 Å². The number of aryl methyl sites for hydroxylation is 2.